The third-order valence-electron chi connectivity index (χ3n) is 6.12. The van der Waals surface area contributed by atoms with Crippen molar-refractivity contribution in [3.05, 3.63) is 29.3 Å². The zero-order valence-corrected chi connectivity index (χ0v) is 21.5. The standard InChI is InChI=1S/C25H42O3.C4H10/c1-2-3-4-5-6-7-8-9-10-11-12-13-14-15-16-17-18-22-21-23(26)19-20-24(22)25(27)28;1-3-4-2/h19-21,26H,2-18H2,1H3,(H,27,28);3-4H2,1-2H3. The van der Waals surface area contributed by atoms with Crippen LogP contribution < -0.4 is 0 Å². The van der Waals surface area contributed by atoms with Crippen molar-refractivity contribution in [2.24, 2.45) is 0 Å². The van der Waals surface area contributed by atoms with Crippen molar-refractivity contribution >= 4 is 5.97 Å². The maximum atomic E-state index is 11.2. The Labute approximate surface area is 199 Å². The minimum atomic E-state index is -0.911. The second-order valence-corrected chi connectivity index (χ2v) is 9.20. The zero-order valence-electron chi connectivity index (χ0n) is 21.5. The van der Waals surface area contributed by atoms with Crippen molar-refractivity contribution in [2.75, 3.05) is 0 Å². The fourth-order valence-corrected chi connectivity index (χ4v) is 3.86. The topological polar surface area (TPSA) is 57.5 Å². The van der Waals surface area contributed by atoms with Gasteiger partial charge in [0, 0.05) is 0 Å². The molecular weight excluding hydrogens is 396 g/mol. The van der Waals surface area contributed by atoms with Crippen LogP contribution in [-0.2, 0) is 6.42 Å². The molecule has 0 aromatic heterocycles. The number of hydrogen-bond donors (Lipinski definition) is 2. The number of carboxylic acids is 1. The number of rotatable bonds is 19. The lowest BCUT2D eigenvalue weighted by molar-refractivity contribution is 0.0695. The van der Waals surface area contributed by atoms with Crippen LogP contribution in [0.2, 0.25) is 0 Å². The molecule has 32 heavy (non-hydrogen) atoms. The van der Waals surface area contributed by atoms with Crippen LogP contribution in [0.4, 0.5) is 0 Å². The lowest BCUT2D eigenvalue weighted by Gasteiger charge is -2.07. The van der Waals surface area contributed by atoms with Gasteiger partial charge in [-0.25, -0.2) is 4.79 Å². The molecule has 186 valence electrons. The van der Waals surface area contributed by atoms with Crippen molar-refractivity contribution in [1.29, 1.82) is 0 Å². The van der Waals surface area contributed by atoms with Gasteiger partial charge in [0.2, 0.25) is 0 Å². The fourth-order valence-electron chi connectivity index (χ4n) is 3.86. The van der Waals surface area contributed by atoms with Gasteiger partial charge in [-0.1, -0.05) is 130 Å². The SMILES string of the molecule is CCCC.CCCCCCCCCCCCCCCCCCc1cc(O)ccc1C(=O)O. The molecule has 0 aliphatic carbocycles. The molecule has 0 atom stereocenters. The van der Waals surface area contributed by atoms with Crippen molar-refractivity contribution in [1.82, 2.24) is 0 Å². The molecule has 2 N–H and O–H groups in total. The molecule has 0 heterocycles. The van der Waals surface area contributed by atoms with Gasteiger partial charge >= 0.3 is 5.97 Å². The number of unbranched alkanes of at least 4 members (excludes halogenated alkanes) is 16. The summed E-state index contributed by atoms with van der Waals surface area (Å²) in [6.45, 7) is 6.63. The van der Waals surface area contributed by atoms with Crippen LogP contribution in [0.1, 0.15) is 152 Å². The van der Waals surface area contributed by atoms with Gasteiger partial charge in [0.05, 0.1) is 5.56 Å². The first-order valence-corrected chi connectivity index (χ1v) is 13.6. The van der Waals surface area contributed by atoms with Gasteiger partial charge in [0.1, 0.15) is 5.75 Å². The summed E-state index contributed by atoms with van der Waals surface area (Å²) in [7, 11) is 0. The number of hydrogen-bond acceptors (Lipinski definition) is 2. The first kappa shape index (κ1) is 30.5. The van der Waals surface area contributed by atoms with Crippen LogP contribution >= 0.6 is 0 Å². The summed E-state index contributed by atoms with van der Waals surface area (Å²) in [5.41, 5.74) is 1.07. The van der Waals surface area contributed by atoms with Crippen LogP contribution in [0.5, 0.6) is 5.75 Å². The van der Waals surface area contributed by atoms with E-state index in [1.807, 2.05) is 0 Å². The molecule has 0 aliphatic rings. The molecule has 0 radical (unpaired) electrons. The summed E-state index contributed by atoms with van der Waals surface area (Å²) < 4.78 is 0. The molecule has 0 spiro atoms. The molecule has 3 nitrogen and oxygen atoms in total. The van der Waals surface area contributed by atoms with E-state index in [-0.39, 0.29) is 5.75 Å². The molecule has 0 saturated carbocycles. The van der Waals surface area contributed by atoms with E-state index in [1.165, 1.54) is 115 Å². The van der Waals surface area contributed by atoms with Gasteiger partial charge in [0.15, 0.2) is 0 Å². The lowest BCUT2D eigenvalue weighted by Crippen LogP contribution is -2.02. The number of carboxylic acid groups (broad SMARTS) is 1. The normalized spacial score (nSPS) is 10.6. The fraction of sp³-hybridized carbons (Fsp3) is 0.759. The van der Waals surface area contributed by atoms with E-state index in [0.717, 1.165) is 24.8 Å². The van der Waals surface area contributed by atoms with E-state index in [9.17, 15) is 15.0 Å². The quantitative estimate of drug-likeness (QED) is 0.207. The van der Waals surface area contributed by atoms with Crippen LogP contribution in [0.25, 0.3) is 0 Å². The van der Waals surface area contributed by atoms with Crippen LogP contribution in [0, 0.1) is 0 Å². The van der Waals surface area contributed by atoms with Crippen molar-refractivity contribution in [3.8, 4) is 5.75 Å². The number of aryl methyl sites for hydroxylation is 1. The number of aromatic carboxylic acids is 1. The van der Waals surface area contributed by atoms with Gasteiger partial charge in [-0.05, 0) is 36.6 Å². The number of phenolic OH excluding ortho intramolecular Hbond substituents is 1. The van der Waals surface area contributed by atoms with Crippen LogP contribution in [-0.4, -0.2) is 16.2 Å². The Bertz CT molecular complexity index is 551. The van der Waals surface area contributed by atoms with Crippen LogP contribution in [0.3, 0.4) is 0 Å². The average molecular weight is 449 g/mol. The minimum Gasteiger partial charge on any atom is -0.508 e. The molecule has 0 bridgehead atoms. The molecule has 0 saturated heterocycles. The lowest BCUT2D eigenvalue weighted by atomic mass is 9.99. The van der Waals surface area contributed by atoms with Gasteiger partial charge in [-0.2, -0.15) is 0 Å². The highest BCUT2D eigenvalue weighted by molar-refractivity contribution is 5.89. The molecule has 0 fully saturated rings. The van der Waals surface area contributed by atoms with E-state index in [1.54, 1.807) is 6.07 Å². The average Bonchev–Trinajstić information content (AvgIpc) is 2.78. The van der Waals surface area contributed by atoms with Gasteiger partial charge in [-0.3, -0.25) is 0 Å². The van der Waals surface area contributed by atoms with Crippen molar-refractivity contribution < 1.29 is 15.0 Å². The highest BCUT2D eigenvalue weighted by Crippen LogP contribution is 2.20. The largest absolute Gasteiger partial charge is 0.508 e. The van der Waals surface area contributed by atoms with E-state index in [2.05, 4.69) is 20.8 Å². The second kappa shape index (κ2) is 22.7. The number of aromatic hydroxyl groups is 1. The van der Waals surface area contributed by atoms with E-state index < -0.39 is 5.97 Å². The number of phenols is 1. The Balaban J connectivity index is 0.00000220. The minimum absolute atomic E-state index is 0.150. The predicted molar refractivity (Wildman–Crippen MR) is 139 cm³/mol. The first-order chi connectivity index (χ1) is 15.6. The Hall–Kier alpha value is -1.51. The predicted octanol–water partition coefficient (Wildman–Crippen LogP) is 9.70. The summed E-state index contributed by atoms with van der Waals surface area (Å²) >= 11 is 0. The summed E-state index contributed by atoms with van der Waals surface area (Å²) in [5, 5.41) is 18.8. The van der Waals surface area contributed by atoms with Gasteiger partial charge < -0.3 is 10.2 Å². The molecule has 1 aromatic carbocycles. The maximum absolute atomic E-state index is 11.2. The number of carbonyl (C=O) groups is 1. The Morgan fingerprint density at radius 3 is 1.41 bits per heavy atom. The van der Waals surface area contributed by atoms with Gasteiger partial charge in [-0.15, -0.1) is 0 Å². The number of benzene rings is 1. The molecule has 0 amide bonds. The smallest absolute Gasteiger partial charge is 0.335 e. The highest BCUT2D eigenvalue weighted by Gasteiger charge is 2.10. The third kappa shape index (κ3) is 18.1. The van der Waals surface area contributed by atoms with Crippen molar-refractivity contribution in [3.63, 3.8) is 0 Å². The third-order valence-corrected chi connectivity index (χ3v) is 6.12. The Morgan fingerprint density at radius 2 is 1.03 bits per heavy atom. The van der Waals surface area contributed by atoms with Crippen LogP contribution in [0.15, 0.2) is 18.2 Å². The zero-order chi connectivity index (χ0) is 23.9. The summed E-state index contributed by atoms with van der Waals surface area (Å²) in [6.07, 6.45) is 24.7. The van der Waals surface area contributed by atoms with E-state index in [0.29, 0.717) is 5.56 Å². The molecule has 1 aromatic rings. The maximum Gasteiger partial charge on any atom is 0.335 e. The summed E-state index contributed by atoms with van der Waals surface area (Å²) in [4.78, 5) is 11.2. The van der Waals surface area contributed by atoms with Gasteiger partial charge in [0.25, 0.3) is 0 Å². The summed E-state index contributed by atoms with van der Waals surface area (Å²) in [5.74, 6) is -0.761. The molecule has 0 aliphatic heterocycles. The van der Waals surface area contributed by atoms with Crippen molar-refractivity contribution in [2.45, 2.75) is 143 Å². The first-order valence-electron chi connectivity index (χ1n) is 13.6. The Kier molecular flexibility index (Phi) is 21.6. The Morgan fingerprint density at radius 1 is 0.625 bits per heavy atom. The monoisotopic (exact) mass is 448 g/mol. The molecule has 0 unspecified atom stereocenters. The second-order valence-electron chi connectivity index (χ2n) is 9.20. The van der Waals surface area contributed by atoms with E-state index >= 15 is 0 Å². The molecule has 1 rings (SSSR count). The highest BCUT2D eigenvalue weighted by atomic mass is 16.4. The summed E-state index contributed by atoms with van der Waals surface area (Å²) in [6, 6.07) is 4.54. The molecule has 3 heteroatoms. The van der Waals surface area contributed by atoms with E-state index in [4.69, 9.17) is 0 Å². The molecular formula is C29H52O3.